The van der Waals surface area contributed by atoms with Crippen LogP contribution in [0.1, 0.15) is 12.5 Å². The molecule has 2 aromatic rings. The maximum Gasteiger partial charge on any atom is 0.262 e. The fourth-order valence-corrected chi connectivity index (χ4v) is 1.79. The third kappa shape index (κ3) is 3.75. The Morgan fingerprint density at radius 1 is 1.20 bits per heavy atom. The predicted molar refractivity (Wildman–Crippen MR) is 78.1 cm³/mol. The van der Waals surface area contributed by atoms with Gasteiger partial charge in [0.25, 0.3) is 5.91 Å². The molecule has 0 aliphatic heterocycles. The van der Waals surface area contributed by atoms with Gasteiger partial charge < -0.3 is 15.2 Å². The second-order valence-corrected chi connectivity index (χ2v) is 4.36. The van der Waals surface area contributed by atoms with E-state index in [9.17, 15) is 9.90 Å². The highest BCUT2D eigenvalue weighted by Crippen LogP contribution is 2.24. The average molecular weight is 271 g/mol. The second-order valence-electron chi connectivity index (χ2n) is 4.36. The standard InChI is InChI=1S/C16H17NO3/c1-2-12-6-5-7-13(10-12)17-16(19)11-20-15-9-4-3-8-14(15)18/h3-10,18H,2,11H2,1H3,(H,17,19). The summed E-state index contributed by atoms with van der Waals surface area (Å²) in [6.07, 6.45) is 0.915. The van der Waals surface area contributed by atoms with Gasteiger partial charge in [-0.15, -0.1) is 0 Å². The fourth-order valence-electron chi connectivity index (χ4n) is 1.79. The molecule has 1 amide bonds. The molecule has 0 unspecified atom stereocenters. The summed E-state index contributed by atoms with van der Waals surface area (Å²) < 4.78 is 5.27. The number of carbonyl (C=O) groups is 1. The molecule has 2 rings (SSSR count). The lowest BCUT2D eigenvalue weighted by Crippen LogP contribution is -2.20. The Kier molecular flexibility index (Phi) is 4.60. The molecular formula is C16H17NO3. The number of carbonyl (C=O) groups excluding carboxylic acids is 1. The number of aromatic hydroxyl groups is 1. The minimum atomic E-state index is -0.262. The molecule has 0 spiro atoms. The van der Waals surface area contributed by atoms with E-state index < -0.39 is 0 Å². The number of para-hydroxylation sites is 2. The number of rotatable bonds is 5. The summed E-state index contributed by atoms with van der Waals surface area (Å²) in [6.45, 7) is 1.91. The Labute approximate surface area is 118 Å². The zero-order valence-corrected chi connectivity index (χ0v) is 11.3. The monoisotopic (exact) mass is 271 g/mol. The number of hydrogen-bond donors (Lipinski definition) is 2. The van der Waals surface area contributed by atoms with Crippen LogP contribution in [0.2, 0.25) is 0 Å². The van der Waals surface area contributed by atoms with Crippen molar-refractivity contribution in [2.45, 2.75) is 13.3 Å². The van der Waals surface area contributed by atoms with E-state index >= 15 is 0 Å². The summed E-state index contributed by atoms with van der Waals surface area (Å²) in [7, 11) is 0. The van der Waals surface area contributed by atoms with Crippen molar-refractivity contribution in [2.75, 3.05) is 11.9 Å². The van der Waals surface area contributed by atoms with Crippen molar-refractivity contribution in [1.29, 1.82) is 0 Å². The van der Waals surface area contributed by atoms with Gasteiger partial charge in [-0.1, -0.05) is 31.2 Å². The van der Waals surface area contributed by atoms with Crippen molar-refractivity contribution < 1.29 is 14.6 Å². The zero-order valence-electron chi connectivity index (χ0n) is 11.3. The molecule has 0 aliphatic carbocycles. The van der Waals surface area contributed by atoms with E-state index in [-0.39, 0.29) is 18.3 Å². The number of amides is 1. The summed E-state index contributed by atoms with van der Waals surface area (Å²) in [5, 5.41) is 12.3. The van der Waals surface area contributed by atoms with Gasteiger partial charge in [-0.3, -0.25) is 4.79 Å². The number of phenolic OH excluding ortho intramolecular Hbond substituents is 1. The van der Waals surface area contributed by atoms with Crippen LogP contribution in [-0.2, 0) is 11.2 Å². The molecule has 0 saturated carbocycles. The Morgan fingerprint density at radius 2 is 2.00 bits per heavy atom. The van der Waals surface area contributed by atoms with E-state index in [4.69, 9.17) is 4.74 Å². The van der Waals surface area contributed by atoms with Gasteiger partial charge >= 0.3 is 0 Å². The van der Waals surface area contributed by atoms with Crippen molar-refractivity contribution in [1.82, 2.24) is 0 Å². The highest BCUT2D eigenvalue weighted by Gasteiger charge is 2.06. The first-order valence-corrected chi connectivity index (χ1v) is 6.48. The normalized spacial score (nSPS) is 10.1. The molecule has 0 bridgehead atoms. The summed E-state index contributed by atoms with van der Waals surface area (Å²) in [4.78, 5) is 11.8. The van der Waals surface area contributed by atoms with Gasteiger partial charge in [0.2, 0.25) is 0 Å². The molecule has 2 aromatic carbocycles. The van der Waals surface area contributed by atoms with Crippen molar-refractivity contribution in [3.63, 3.8) is 0 Å². The zero-order chi connectivity index (χ0) is 14.4. The lowest BCUT2D eigenvalue weighted by atomic mass is 10.1. The number of ether oxygens (including phenoxy) is 1. The first-order chi connectivity index (χ1) is 9.69. The van der Waals surface area contributed by atoms with Crippen LogP contribution in [0.15, 0.2) is 48.5 Å². The van der Waals surface area contributed by atoms with E-state index in [0.717, 1.165) is 17.7 Å². The van der Waals surface area contributed by atoms with E-state index in [0.29, 0.717) is 5.75 Å². The van der Waals surface area contributed by atoms with Crippen LogP contribution < -0.4 is 10.1 Å². The summed E-state index contributed by atoms with van der Waals surface area (Å²) in [6, 6.07) is 14.2. The third-order valence-electron chi connectivity index (χ3n) is 2.84. The number of nitrogens with one attached hydrogen (secondary N) is 1. The van der Waals surface area contributed by atoms with E-state index in [1.165, 1.54) is 6.07 Å². The Morgan fingerprint density at radius 3 is 2.75 bits per heavy atom. The Hall–Kier alpha value is -2.49. The minimum Gasteiger partial charge on any atom is -0.504 e. The van der Waals surface area contributed by atoms with Crippen LogP contribution >= 0.6 is 0 Å². The lowest BCUT2D eigenvalue weighted by Gasteiger charge is -2.09. The maximum absolute atomic E-state index is 11.8. The lowest BCUT2D eigenvalue weighted by molar-refractivity contribution is -0.118. The van der Waals surface area contributed by atoms with Crippen LogP contribution in [0.5, 0.6) is 11.5 Å². The SMILES string of the molecule is CCc1cccc(NC(=O)COc2ccccc2O)c1. The van der Waals surface area contributed by atoms with E-state index in [1.54, 1.807) is 18.2 Å². The first-order valence-electron chi connectivity index (χ1n) is 6.48. The average Bonchev–Trinajstić information content (AvgIpc) is 2.46. The maximum atomic E-state index is 11.8. The fraction of sp³-hybridized carbons (Fsp3) is 0.188. The third-order valence-corrected chi connectivity index (χ3v) is 2.84. The quantitative estimate of drug-likeness (QED) is 0.879. The topological polar surface area (TPSA) is 58.6 Å². The molecule has 0 fully saturated rings. The molecule has 4 nitrogen and oxygen atoms in total. The van der Waals surface area contributed by atoms with Crippen LogP contribution in [-0.4, -0.2) is 17.6 Å². The second kappa shape index (κ2) is 6.61. The van der Waals surface area contributed by atoms with Gasteiger partial charge in [-0.25, -0.2) is 0 Å². The highest BCUT2D eigenvalue weighted by atomic mass is 16.5. The molecule has 104 valence electrons. The van der Waals surface area contributed by atoms with Gasteiger partial charge in [-0.05, 0) is 36.2 Å². The van der Waals surface area contributed by atoms with Gasteiger partial charge in [0.15, 0.2) is 18.1 Å². The van der Waals surface area contributed by atoms with Crippen LogP contribution in [0.3, 0.4) is 0 Å². The molecule has 0 atom stereocenters. The number of hydrogen-bond acceptors (Lipinski definition) is 3. The highest BCUT2D eigenvalue weighted by molar-refractivity contribution is 5.91. The molecule has 20 heavy (non-hydrogen) atoms. The van der Waals surface area contributed by atoms with Crippen LogP contribution in [0.4, 0.5) is 5.69 Å². The Balaban J connectivity index is 1.91. The van der Waals surface area contributed by atoms with Gasteiger partial charge in [0.1, 0.15) is 0 Å². The number of aryl methyl sites for hydroxylation is 1. The minimum absolute atomic E-state index is 0.0216. The number of phenols is 1. The summed E-state index contributed by atoms with van der Waals surface area (Å²) >= 11 is 0. The van der Waals surface area contributed by atoms with E-state index in [1.807, 2.05) is 24.3 Å². The van der Waals surface area contributed by atoms with Crippen molar-refractivity contribution in [3.05, 3.63) is 54.1 Å². The van der Waals surface area contributed by atoms with Gasteiger partial charge in [-0.2, -0.15) is 0 Å². The van der Waals surface area contributed by atoms with Gasteiger partial charge in [0.05, 0.1) is 0 Å². The summed E-state index contributed by atoms with van der Waals surface area (Å²) in [5.74, 6) is 0.0553. The van der Waals surface area contributed by atoms with Crippen molar-refractivity contribution >= 4 is 11.6 Å². The smallest absolute Gasteiger partial charge is 0.262 e. The van der Waals surface area contributed by atoms with Crippen molar-refractivity contribution in [2.24, 2.45) is 0 Å². The number of anilines is 1. The first kappa shape index (κ1) is 13.9. The van der Waals surface area contributed by atoms with Crippen LogP contribution in [0, 0.1) is 0 Å². The van der Waals surface area contributed by atoms with E-state index in [2.05, 4.69) is 12.2 Å². The molecule has 0 heterocycles. The molecule has 0 radical (unpaired) electrons. The van der Waals surface area contributed by atoms with Crippen molar-refractivity contribution in [3.8, 4) is 11.5 Å². The van der Waals surface area contributed by atoms with Crippen LogP contribution in [0.25, 0.3) is 0 Å². The van der Waals surface area contributed by atoms with Gasteiger partial charge in [0, 0.05) is 5.69 Å². The summed E-state index contributed by atoms with van der Waals surface area (Å²) in [5.41, 5.74) is 1.90. The molecular weight excluding hydrogens is 254 g/mol. The molecule has 0 aromatic heterocycles. The number of benzene rings is 2. The largest absolute Gasteiger partial charge is 0.504 e. The Bertz CT molecular complexity index is 596. The predicted octanol–water partition coefficient (Wildman–Crippen LogP) is 2.97. The molecule has 0 saturated heterocycles. The molecule has 0 aliphatic rings. The molecule has 4 heteroatoms. The molecule has 2 N–H and O–H groups in total.